The van der Waals surface area contributed by atoms with Crippen LogP contribution in [0.3, 0.4) is 0 Å². The molecule has 1 unspecified atom stereocenters. The maximum Gasteiger partial charge on any atom is 0.221 e. The standard InChI is InChI=1S/C21H35N5O2/c1-4-12-23-20(27)11-13-24-21(22-2)25-16-19(26-14-5-6-15-26)17-7-9-18(28-3)10-8-17/h7-10,19H,4-6,11-16H2,1-3H3,(H,23,27)(H2,22,24,25). The molecular weight excluding hydrogens is 354 g/mol. The highest BCUT2D eigenvalue weighted by molar-refractivity contribution is 5.81. The Morgan fingerprint density at radius 1 is 1.14 bits per heavy atom. The summed E-state index contributed by atoms with van der Waals surface area (Å²) in [6, 6.07) is 8.58. The third-order valence-electron chi connectivity index (χ3n) is 4.99. The molecule has 1 aliphatic heterocycles. The number of carbonyl (C=O) groups excluding carboxylic acids is 1. The van der Waals surface area contributed by atoms with Gasteiger partial charge in [0.15, 0.2) is 5.96 Å². The molecule has 1 saturated heterocycles. The van der Waals surface area contributed by atoms with Crippen LogP contribution >= 0.6 is 0 Å². The van der Waals surface area contributed by atoms with Crippen molar-refractivity contribution in [3.8, 4) is 5.75 Å². The van der Waals surface area contributed by atoms with Crippen molar-refractivity contribution in [3.63, 3.8) is 0 Å². The van der Waals surface area contributed by atoms with Crippen LogP contribution in [-0.2, 0) is 4.79 Å². The lowest BCUT2D eigenvalue weighted by atomic mass is 10.1. The van der Waals surface area contributed by atoms with Gasteiger partial charge in [-0.3, -0.25) is 14.7 Å². The Balaban J connectivity index is 1.88. The van der Waals surface area contributed by atoms with Crippen molar-refractivity contribution in [2.45, 2.75) is 38.6 Å². The first-order valence-electron chi connectivity index (χ1n) is 10.3. The average molecular weight is 390 g/mol. The lowest BCUT2D eigenvalue weighted by molar-refractivity contribution is -0.120. The number of hydrogen-bond acceptors (Lipinski definition) is 4. The fraction of sp³-hybridized carbons (Fsp3) is 0.619. The van der Waals surface area contributed by atoms with E-state index in [0.29, 0.717) is 13.0 Å². The summed E-state index contributed by atoms with van der Waals surface area (Å²) in [4.78, 5) is 18.5. The lowest BCUT2D eigenvalue weighted by Crippen LogP contribution is -2.43. The molecule has 0 saturated carbocycles. The maximum absolute atomic E-state index is 11.7. The molecule has 2 rings (SSSR count). The molecule has 1 atom stereocenters. The fourth-order valence-electron chi connectivity index (χ4n) is 3.40. The molecule has 7 heteroatoms. The van der Waals surface area contributed by atoms with Crippen LogP contribution in [0, 0.1) is 0 Å². The summed E-state index contributed by atoms with van der Waals surface area (Å²) >= 11 is 0. The summed E-state index contributed by atoms with van der Waals surface area (Å²) in [6.07, 6.45) is 3.87. The molecule has 1 aliphatic rings. The zero-order valence-corrected chi connectivity index (χ0v) is 17.5. The van der Waals surface area contributed by atoms with Gasteiger partial charge in [-0.25, -0.2) is 0 Å². The number of benzene rings is 1. The Kier molecular flexibility index (Phi) is 9.62. The minimum atomic E-state index is 0.0676. The second kappa shape index (κ2) is 12.2. The average Bonchev–Trinajstić information content (AvgIpc) is 3.26. The minimum absolute atomic E-state index is 0.0676. The van der Waals surface area contributed by atoms with Gasteiger partial charge < -0.3 is 20.7 Å². The Hall–Kier alpha value is -2.28. The molecule has 1 amide bonds. The van der Waals surface area contributed by atoms with Crippen molar-refractivity contribution in [1.82, 2.24) is 20.9 Å². The largest absolute Gasteiger partial charge is 0.497 e. The van der Waals surface area contributed by atoms with Gasteiger partial charge in [0, 0.05) is 33.1 Å². The number of methoxy groups -OCH3 is 1. The summed E-state index contributed by atoms with van der Waals surface area (Å²) in [5.41, 5.74) is 1.27. The van der Waals surface area contributed by atoms with Gasteiger partial charge in [-0.05, 0) is 50.0 Å². The van der Waals surface area contributed by atoms with Gasteiger partial charge in [0.2, 0.25) is 5.91 Å². The van der Waals surface area contributed by atoms with Crippen LogP contribution in [0.4, 0.5) is 0 Å². The van der Waals surface area contributed by atoms with Gasteiger partial charge in [0.1, 0.15) is 5.75 Å². The Labute approximate surface area is 168 Å². The molecule has 7 nitrogen and oxygen atoms in total. The molecule has 1 fully saturated rings. The van der Waals surface area contributed by atoms with Crippen molar-refractivity contribution in [1.29, 1.82) is 0 Å². The molecule has 1 aromatic carbocycles. The van der Waals surface area contributed by atoms with Crippen LogP contribution in [0.15, 0.2) is 29.3 Å². The van der Waals surface area contributed by atoms with Crippen molar-refractivity contribution in [2.24, 2.45) is 4.99 Å². The predicted molar refractivity (Wildman–Crippen MR) is 114 cm³/mol. The fourth-order valence-corrected chi connectivity index (χ4v) is 3.40. The molecule has 28 heavy (non-hydrogen) atoms. The molecular formula is C21H35N5O2. The number of rotatable bonds is 10. The smallest absolute Gasteiger partial charge is 0.221 e. The Bertz CT molecular complexity index is 612. The summed E-state index contributed by atoms with van der Waals surface area (Å²) in [7, 11) is 3.44. The van der Waals surface area contributed by atoms with Gasteiger partial charge in [-0.2, -0.15) is 0 Å². The van der Waals surface area contributed by atoms with Crippen molar-refractivity contribution < 1.29 is 9.53 Å². The van der Waals surface area contributed by atoms with Gasteiger partial charge >= 0.3 is 0 Å². The third kappa shape index (κ3) is 7.03. The van der Waals surface area contributed by atoms with E-state index in [4.69, 9.17) is 4.74 Å². The third-order valence-corrected chi connectivity index (χ3v) is 4.99. The second-order valence-electron chi connectivity index (χ2n) is 7.01. The second-order valence-corrected chi connectivity index (χ2v) is 7.01. The van der Waals surface area contributed by atoms with Crippen molar-refractivity contribution in [2.75, 3.05) is 46.9 Å². The van der Waals surface area contributed by atoms with Crippen LogP contribution < -0.4 is 20.7 Å². The van der Waals surface area contributed by atoms with Crippen LogP contribution in [0.1, 0.15) is 44.2 Å². The molecule has 0 radical (unpaired) electrons. The number of guanidine groups is 1. The van der Waals surface area contributed by atoms with Gasteiger partial charge in [0.05, 0.1) is 13.2 Å². The number of nitrogens with one attached hydrogen (secondary N) is 3. The van der Waals surface area contributed by atoms with E-state index in [9.17, 15) is 4.79 Å². The van der Waals surface area contributed by atoms with Crippen LogP contribution in [0.2, 0.25) is 0 Å². The van der Waals surface area contributed by atoms with E-state index in [2.05, 4.69) is 38.0 Å². The van der Waals surface area contributed by atoms with Gasteiger partial charge in [-0.1, -0.05) is 19.1 Å². The van der Waals surface area contributed by atoms with E-state index in [0.717, 1.165) is 44.3 Å². The van der Waals surface area contributed by atoms with Crippen LogP contribution in [0.25, 0.3) is 0 Å². The molecule has 1 heterocycles. The molecule has 1 aromatic rings. The topological polar surface area (TPSA) is 78.0 Å². The summed E-state index contributed by atoms with van der Waals surface area (Å²) in [5.74, 6) is 1.66. The van der Waals surface area contributed by atoms with Crippen molar-refractivity contribution >= 4 is 11.9 Å². The minimum Gasteiger partial charge on any atom is -0.497 e. The number of amides is 1. The number of hydrogen-bond donors (Lipinski definition) is 3. The maximum atomic E-state index is 11.7. The number of nitrogens with zero attached hydrogens (tertiary/aromatic N) is 2. The highest BCUT2D eigenvalue weighted by Crippen LogP contribution is 2.26. The first-order chi connectivity index (χ1) is 13.7. The number of ether oxygens (including phenoxy) is 1. The Morgan fingerprint density at radius 3 is 2.46 bits per heavy atom. The number of likely N-dealkylation sites (tertiary alicyclic amines) is 1. The summed E-state index contributed by atoms with van der Waals surface area (Å²) < 4.78 is 5.29. The monoisotopic (exact) mass is 389 g/mol. The predicted octanol–water partition coefficient (Wildman–Crippen LogP) is 1.91. The van der Waals surface area contributed by atoms with E-state index in [1.807, 2.05) is 19.1 Å². The molecule has 0 aliphatic carbocycles. The molecule has 0 spiro atoms. The van der Waals surface area contributed by atoms with Gasteiger partial charge in [0.25, 0.3) is 0 Å². The zero-order valence-electron chi connectivity index (χ0n) is 17.5. The van der Waals surface area contributed by atoms with E-state index in [-0.39, 0.29) is 11.9 Å². The molecule has 0 aromatic heterocycles. The number of aliphatic imine (C=N–C) groups is 1. The van der Waals surface area contributed by atoms with Gasteiger partial charge in [-0.15, -0.1) is 0 Å². The van der Waals surface area contributed by atoms with E-state index < -0.39 is 0 Å². The van der Waals surface area contributed by atoms with E-state index in [1.165, 1.54) is 18.4 Å². The molecule has 3 N–H and O–H groups in total. The quantitative estimate of drug-likeness (QED) is 0.421. The SMILES string of the molecule is CCCNC(=O)CCNC(=NC)NCC(c1ccc(OC)cc1)N1CCCC1. The van der Waals surface area contributed by atoms with Crippen molar-refractivity contribution in [3.05, 3.63) is 29.8 Å². The van der Waals surface area contributed by atoms with Crippen LogP contribution in [-0.4, -0.2) is 63.6 Å². The highest BCUT2D eigenvalue weighted by Gasteiger charge is 2.23. The van der Waals surface area contributed by atoms with E-state index in [1.54, 1.807) is 14.2 Å². The zero-order chi connectivity index (χ0) is 20.2. The Morgan fingerprint density at radius 2 is 1.86 bits per heavy atom. The number of carbonyl (C=O) groups is 1. The molecule has 156 valence electrons. The first kappa shape index (κ1) is 22.0. The molecule has 0 bridgehead atoms. The normalized spacial score (nSPS) is 15.9. The summed E-state index contributed by atoms with van der Waals surface area (Å²) in [6.45, 7) is 6.32. The lowest BCUT2D eigenvalue weighted by Gasteiger charge is -2.29. The van der Waals surface area contributed by atoms with E-state index >= 15 is 0 Å². The summed E-state index contributed by atoms with van der Waals surface area (Å²) in [5, 5.41) is 9.54. The first-order valence-corrected chi connectivity index (χ1v) is 10.3. The van der Waals surface area contributed by atoms with Crippen LogP contribution in [0.5, 0.6) is 5.75 Å². The highest BCUT2D eigenvalue weighted by atomic mass is 16.5.